The van der Waals surface area contributed by atoms with Crippen LogP contribution in [0.1, 0.15) is 31.0 Å². The summed E-state index contributed by atoms with van der Waals surface area (Å²) < 4.78 is 13.9. The molecule has 1 amide bonds. The Morgan fingerprint density at radius 1 is 1.23 bits per heavy atom. The van der Waals surface area contributed by atoms with E-state index in [1.165, 1.54) is 4.52 Å². The molecule has 0 atom stereocenters. The van der Waals surface area contributed by atoms with E-state index in [0.29, 0.717) is 43.1 Å². The molecule has 166 valence electrons. The molecule has 0 spiro atoms. The van der Waals surface area contributed by atoms with Gasteiger partial charge in [0.05, 0.1) is 12.8 Å². The second kappa shape index (κ2) is 10.3. The number of fused-ring (bicyclic) bond motifs is 1. The minimum Gasteiger partial charge on any atom is -0.496 e. The lowest BCUT2D eigenvalue weighted by molar-refractivity contribution is -0.121. The van der Waals surface area contributed by atoms with Crippen molar-refractivity contribution in [3.63, 3.8) is 0 Å². The highest BCUT2D eigenvalue weighted by Crippen LogP contribution is 2.29. The molecule has 0 saturated heterocycles. The van der Waals surface area contributed by atoms with E-state index >= 15 is 0 Å². The minimum atomic E-state index is -0.189. The molecule has 8 heteroatoms. The highest BCUT2D eigenvalue weighted by atomic mass is 16.5. The summed E-state index contributed by atoms with van der Waals surface area (Å²) in [7, 11) is 3.25. The van der Waals surface area contributed by atoms with Gasteiger partial charge in [-0.2, -0.15) is 9.61 Å². The van der Waals surface area contributed by atoms with Gasteiger partial charge in [0.15, 0.2) is 0 Å². The predicted molar refractivity (Wildman–Crippen MR) is 120 cm³/mol. The highest BCUT2D eigenvalue weighted by molar-refractivity contribution is 5.76. The summed E-state index contributed by atoms with van der Waals surface area (Å²) in [4.78, 5) is 25.4. The monoisotopic (exact) mass is 426 g/mol. The first-order valence-electron chi connectivity index (χ1n) is 10.5. The van der Waals surface area contributed by atoms with Gasteiger partial charge in [-0.3, -0.25) is 9.59 Å². The number of hydrogen-bond acceptors (Lipinski definition) is 5. The van der Waals surface area contributed by atoms with E-state index in [1.807, 2.05) is 44.2 Å². The van der Waals surface area contributed by atoms with Crippen molar-refractivity contribution in [2.45, 2.75) is 39.7 Å². The maximum atomic E-state index is 13.2. The molecule has 3 rings (SSSR count). The van der Waals surface area contributed by atoms with Crippen LogP contribution in [-0.2, 0) is 22.5 Å². The van der Waals surface area contributed by atoms with Crippen LogP contribution >= 0.6 is 0 Å². The van der Waals surface area contributed by atoms with Crippen LogP contribution in [-0.4, -0.2) is 47.5 Å². The van der Waals surface area contributed by atoms with Crippen LogP contribution in [0.5, 0.6) is 5.75 Å². The van der Waals surface area contributed by atoms with E-state index in [0.717, 1.165) is 23.3 Å². The number of para-hydroxylation sites is 1. The molecule has 3 aromatic rings. The van der Waals surface area contributed by atoms with Gasteiger partial charge < -0.3 is 19.4 Å². The number of amides is 1. The molecule has 31 heavy (non-hydrogen) atoms. The molecular formula is C23H30N4O4. The zero-order chi connectivity index (χ0) is 22.4. The van der Waals surface area contributed by atoms with Crippen molar-refractivity contribution in [1.82, 2.24) is 19.5 Å². The predicted octanol–water partition coefficient (Wildman–Crippen LogP) is 2.59. The van der Waals surface area contributed by atoms with Gasteiger partial charge in [-0.05, 0) is 38.8 Å². The van der Waals surface area contributed by atoms with E-state index in [-0.39, 0.29) is 17.9 Å². The summed E-state index contributed by atoms with van der Waals surface area (Å²) in [6.45, 7) is 5.80. The average Bonchev–Trinajstić information content (AvgIpc) is 3.22. The summed E-state index contributed by atoms with van der Waals surface area (Å²) >= 11 is 0. The number of nitrogens with one attached hydrogen (secondary N) is 1. The molecule has 2 heterocycles. The fraction of sp³-hybridized carbons (Fsp3) is 0.435. The Labute approximate surface area is 181 Å². The zero-order valence-electron chi connectivity index (χ0n) is 18.6. The molecule has 1 aromatic carbocycles. The fourth-order valence-electron chi connectivity index (χ4n) is 3.78. The molecule has 2 aromatic heterocycles. The molecule has 1 N–H and O–H groups in total. The van der Waals surface area contributed by atoms with Crippen LogP contribution in [0.25, 0.3) is 16.9 Å². The number of rotatable bonds is 10. The van der Waals surface area contributed by atoms with E-state index in [4.69, 9.17) is 9.47 Å². The molecule has 8 nitrogen and oxygen atoms in total. The van der Waals surface area contributed by atoms with Crippen molar-refractivity contribution in [3.05, 3.63) is 51.9 Å². The van der Waals surface area contributed by atoms with E-state index < -0.39 is 0 Å². The van der Waals surface area contributed by atoms with Crippen molar-refractivity contribution in [2.24, 2.45) is 0 Å². The van der Waals surface area contributed by atoms with Crippen molar-refractivity contribution in [1.29, 1.82) is 0 Å². The van der Waals surface area contributed by atoms with E-state index in [1.54, 1.807) is 14.2 Å². The first kappa shape index (κ1) is 22.6. The maximum absolute atomic E-state index is 13.2. The van der Waals surface area contributed by atoms with Crippen LogP contribution < -0.4 is 15.6 Å². The van der Waals surface area contributed by atoms with Crippen LogP contribution in [0.15, 0.2) is 35.1 Å². The zero-order valence-corrected chi connectivity index (χ0v) is 18.6. The Bertz CT molecular complexity index is 1120. The van der Waals surface area contributed by atoms with Gasteiger partial charge in [-0.15, -0.1) is 0 Å². The van der Waals surface area contributed by atoms with Gasteiger partial charge in [0.1, 0.15) is 11.4 Å². The maximum Gasteiger partial charge on any atom is 0.277 e. The molecule has 0 aliphatic carbocycles. The first-order chi connectivity index (χ1) is 15.0. The Hall–Kier alpha value is -3.13. The number of methoxy groups -OCH3 is 2. The molecule has 0 saturated carbocycles. The molecular weight excluding hydrogens is 396 g/mol. The van der Waals surface area contributed by atoms with Gasteiger partial charge in [0.2, 0.25) is 5.91 Å². The van der Waals surface area contributed by atoms with Crippen molar-refractivity contribution >= 4 is 11.6 Å². The average molecular weight is 427 g/mol. The first-order valence-corrected chi connectivity index (χ1v) is 10.5. The van der Waals surface area contributed by atoms with Gasteiger partial charge in [0, 0.05) is 56.1 Å². The van der Waals surface area contributed by atoms with Crippen molar-refractivity contribution < 1.29 is 14.3 Å². The number of benzene rings is 1. The second-order valence-corrected chi connectivity index (χ2v) is 7.31. The highest BCUT2D eigenvalue weighted by Gasteiger charge is 2.18. The van der Waals surface area contributed by atoms with Crippen molar-refractivity contribution in [3.8, 4) is 17.0 Å². The number of hydrogen-bond donors (Lipinski definition) is 1. The lowest BCUT2D eigenvalue weighted by Crippen LogP contribution is -2.29. The van der Waals surface area contributed by atoms with Crippen LogP contribution in [0.3, 0.4) is 0 Å². The quantitative estimate of drug-likeness (QED) is 0.504. The number of nitrogens with zero attached hydrogens (tertiary/aromatic N) is 3. The lowest BCUT2D eigenvalue weighted by atomic mass is 10.1. The standard InChI is InChI=1S/C23H30N4O4/c1-5-26-16(2)17(11-12-21(28)24-13-8-14-30-3)23(29)27-22(26)15-19(25-27)18-9-6-7-10-20(18)31-4/h6-7,9-10,15H,5,8,11-14H2,1-4H3,(H,24,28). The second-order valence-electron chi connectivity index (χ2n) is 7.31. The van der Waals surface area contributed by atoms with E-state index in [2.05, 4.69) is 15.0 Å². The number of aryl methyl sites for hydroxylation is 1. The smallest absolute Gasteiger partial charge is 0.277 e. The third-order valence-corrected chi connectivity index (χ3v) is 5.41. The third-order valence-electron chi connectivity index (χ3n) is 5.41. The number of carbonyl (C=O) groups excluding carboxylic acids is 1. The summed E-state index contributed by atoms with van der Waals surface area (Å²) in [5.41, 5.74) is 3.49. The van der Waals surface area contributed by atoms with Gasteiger partial charge in [-0.1, -0.05) is 12.1 Å². The summed E-state index contributed by atoms with van der Waals surface area (Å²) in [5, 5.41) is 7.45. The van der Waals surface area contributed by atoms with E-state index in [9.17, 15) is 9.59 Å². The Morgan fingerprint density at radius 2 is 2.00 bits per heavy atom. The largest absolute Gasteiger partial charge is 0.496 e. The van der Waals surface area contributed by atoms with Crippen LogP contribution in [0, 0.1) is 6.92 Å². The topological polar surface area (TPSA) is 86.9 Å². The summed E-state index contributed by atoms with van der Waals surface area (Å²) in [6, 6.07) is 9.50. The molecule has 0 radical (unpaired) electrons. The Kier molecular flexibility index (Phi) is 7.46. The summed E-state index contributed by atoms with van der Waals surface area (Å²) in [5.74, 6) is 0.622. The molecule has 0 unspecified atom stereocenters. The molecule has 0 aliphatic heterocycles. The van der Waals surface area contributed by atoms with Gasteiger partial charge in [0.25, 0.3) is 5.56 Å². The summed E-state index contributed by atoms with van der Waals surface area (Å²) in [6.07, 6.45) is 1.37. The molecule has 0 aliphatic rings. The van der Waals surface area contributed by atoms with Crippen LogP contribution in [0.4, 0.5) is 0 Å². The van der Waals surface area contributed by atoms with Gasteiger partial charge in [-0.25, -0.2) is 0 Å². The normalized spacial score (nSPS) is 11.1. The molecule has 0 bridgehead atoms. The number of aromatic nitrogens is 3. The Morgan fingerprint density at radius 3 is 2.71 bits per heavy atom. The third kappa shape index (κ3) is 4.80. The molecule has 0 fully saturated rings. The van der Waals surface area contributed by atoms with Crippen LogP contribution in [0.2, 0.25) is 0 Å². The number of ether oxygens (including phenoxy) is 2. The Balaban J connectivity index is 1.93. The lowest BCUT2D eigenvalue weighted by Gasteiger charge is -2.14. The minimum absolute atomic E-state index is 0.0757. The van der Waals surface area contributed by atoms with Gasteiger partial charge >= 0.3 is 0 Å². The fourth-order valence-corrected chi connectivity index (χ4v) is 3.78. The number of carbonyl (C=O) groups is 1. The van der Waals surface area contributed by atoms with Crippen molar-refractivity contribution in [2.75, 3.05) is 27.4 Å². The SMILES string of the molecule is CCn1c(C)c(CCC(=O)NCCCOC)c(=O)n2nc(-c3ccccc3OC)cc12.